The minimum atomic E-state index is 0.616. The first-order valence-electron chi connectivity index (χ1n) is 3.07. The van der Waals surface area contributed by atoms with E-state index in [4.69, 9.17) is 35.4 Å². The Morgan fingerprint density at radius 1 is 1.36 bits per heavy atom. The van der Waals surface area contributed by atoms with Gasteiger partial charge >= 0.3 is 0 Å². The Hall–Kier alpha value is -0.110. The quantitative estimate of drug-likeness (QED) is 0.497. The molecular formula is C8H6Cl2S. The lowest BCUT2D eigenvalue weighted by atomic mass is 10.2. The number of rotatable bonds is 1. The van der Waals surface area contributed by atoms with Crippen LogP contribution in [0.1, 0.15) is 12.5 Å². The summed E-state index contributed by atoms with van der Waals surface area (Å²) in [5, 5.41) is 1.25. The summed E-state index contributed by atoms with van der Waals surface area (Å²) < 4.78 is 0. The molecule has 0 aliphatic heterocycles. The molecule has 0 radical (unpaired) electrons. The Balaban J connectivity index is 3.20. The second kappa shape index (κ2) is 3.53. The van der Waals surface area contributed by atoms with Crippen LogP contribution >= 0.6 is 35.4 Å². The first kappa shape index (κ1) is 8.98. The Morgan fingerprint density at radius 2 is 2.00 bits per heavy atom. The summed E-state index contributed by atoms with van der Waals surface area (Å²) in [7, 11) is 0. The molecule has 1 aromatic rings. The Bertz CT molecular complexity index is 294. The molecule has 0 aliphatic carbocycles. The number of halogens is 2. The van der Waals surface area contributed by atoms with Crippen LogP contribution in [-0.2, 0) is 0 Å². The van der Waals surface area contributed by atoms with Crippen molar-refractivity contribution in [1.29, 1.82) is 0 Å². The molecular weight excluding hydrogens is 199 g/mol. The van der Waals surface area contributed by atoms with Crippen molar-refractivity contribution in [2.45, 2.75) is 6.92 Å². The van der Waals surface area contributed by atoms with Gasteiger partial charge in [0.25, 0.3) is 0 Å². The summed E-state index contributed by atoms with van der Waals surface area (Å²) in [6, 6.07) is 5.29. The zero-order valence-corrected chi connectivity index (χ0v) is 8.22. The van der Waals surface area contributed by atoms with Crippen LogP contribution in [0.5, 0.6) is 0 Å². The van der Waals surface area contributed by atoms with Crippen LogP contribution in [0.25, 0.3) is 0 Å². The molecule has 0 N–H and O–H groups in total. The fourth-order valence-electron chi connectivity index (χ4n) is 0.775. The summed E-state index contributed by atoms with van der Waals surface area (Å²) in [5.74, 6) is 0. The first-order chi connectivity index (χ1) is 5.11. The molecule has 0 atom stereocenters. The number of hydrogen-bond acceptors (Lipinski definition) is 1. The van der Waals surface area contributed by atoms with Crippen molar-refractivity contribution in [2.75, 3.05) is 0 Å². The van der Waals surface area contributed by atoms with Crippen LogP contribution in [-0.4, -0.2) is 4.86 Å². The van der Waals surface area contributed by atoms with E-state index in [9.17, 15) is 0 Å². The molecule has 0 unspecified atom stereocenters. The number of thiocarbonyl (C=S) groups is 1. The normalized spacial score (nSPS) is 9.73. The zero-order chi connectivity index (χ0) is 8.43. The molecule has 0 saturated heterocycles. The Labute approximate surface area is 81.1 Å². The molecule has 0 amide bonds. The minimum absolute atomic E-state index is 0.616. The van der Waals surface area contributed by atoms with Gasteiger partial charge in [0.05, 0.1) is 5.02 Å². The third-order valence-electron chi connectivity index (χ3n) is 1.31. The molecule has 0 spiro atoms. The molecule has 0 aromatic heterocycles. The summed E-state index contributed by atoms with van der Waals surface area (Å²) in [5.41, 5.74) is 0.881. The van der Waals surface area contributed by atoms with E-state index >= 15 is 0 Å². The maximum absolute atomic E-state index is 5.85. The van der Waals surface area contributed by atoms with Gasteiger partial charge in [-0.05, 0) is 19.1 Å². The van der Waals surface area contributed by atoms with Crippen LogP contribution in [0.4, 0.5) is 0 Å². The van der Waals surface area contributed by atoms with Crippen molar-refractivity contribution >= 4 is 40.3 Å². The minimum Gasteiger partial charge on any atom is -0.0845 e. The van der Waals surface area contributed by atoms with Gasteiger partial charge in [0.2, 0.25) is 0 Å². The third kappa shape index (κ3) is 2.16. The van der Waals surface area contributed by atoms with Crippen LogP contribution in [0.2, 0.25) is 10.0 Å². The lowest BCUT2D eigenvalue weighted by Gasteiger charge is -2.00. The Kier molecular flexibility index (Phi) is 2.88. The fourth-order valence-corrected chi connectivity index (χ4v) is 1.56. The zero-order valence-electron chi connectivity index (χ0n) is 5.90. The molecule has 1 aromatic carbocycles. The molecule has 0 heterocycles. The molecule has 1 rings (SSSR count). The van der Waals surface area contributed by atoms with Gasteiger partial charge in [0, 0.05) is 15.5 Å². The monoisotopic (exact) mass is 204 g/mol. The van der Waals surface area contributed by atoms with Crippen molar-refractivity contribution < 1.29 is 0 Å². The van der Waals surface area contributed by atoms with E-state index in [-0.39, 0.29) is 0 Å². The molecule has 58 valence electrons. The van der Waals surface area contributed by atoms with E-state index in [0.29, 0.717) is 10.0 Å². The summed E-state index contributed by atoms with van der Waals surface area (Å²) in [4.78, 5) is 0.784. The van der Waals surface area contributed by atoms with Crippen LogP contribution in [0.15, 0.2) is 18.2 Å². The highest BCUT2D eigenvalue weighted by Crippen LogP contribution is 2.21. The lowest BCUT2D eigenvalue weighted by Crippen LogP contribution is -1.90. The van der Waals surface area contributed by atoms with Gasteiger partial charge < -0.3 is 0 Å². The maximum Gasteiger partial charge on any atom is 0.0504 e. The van der Waals surface area contributed by atoms with E-state index in [1.54, 1.807) is 12.1 Å². The van der Waals surface area contributed by atoms with Crippen molar-refractivity contribution in [1.82, 2.24) is 0 Å². The van der Waals surface area contributed by atoms with Gasteiger partial charge in [0.1, 0.15) is 0 Å². The predicted molar refractivity (Wildman–Crippen MR) is 53.8 cm³/mol. The van der Waals surface area contributed by atoms with Crippen LogP contribution in [0, 0.1) is 0 Å². The average Bonchev–Trinajstić information content (AvgIpc) is 1.85. The SMILES string of the molecule is CC(=S)c1ccc(Cl)cc1Cl. The van der Waals surface area contributed by atoms with Crippen molar-refractivity contribution in [3.05, 3.63) is 33.8 Å². The van der Waals surface area contributed by atoms with Crippen LogP contribution < -0.4 is 0 Å². The lowest BCUT2D eigenvalue weighted by molar-refractivity contribution is 1.65. The second-order valence-corrected chi connectivity index (χ2v) is 3.64. The van der Waals surface area contributed by atoms with E-state index in [0.717, 1.165) is 10.4 Å². The molecule has 0 bridgehead atoms. The fraction of sp³-hybridized carbons (Fsp3) is 0.125. The van der Waals surface area contributed by atoms with Gasteiger partial charge in [-0.25, -0.2) is 0 Å². The van der Waals surface area contributed by atoms with Crippen LogP contribution in [0.3, 0.4) is 0 Å². The van der Waals surface area contributed by atoms with E-state index in [1.165, 1.54) is 0 Å². The molecule has 0 saturated carbocycles. The topological polar surface area (TPSA) is 0 Å². The molecule has 11 heavy (non-hydrogen) atoms. The van der Waals surface area contributed by atoms with Gasteiger partial charge in [-0.2, -0.15) is 0 Å². The van der Waals surface area contributed by atoms with E-state index < -0.39 is 0 Å². The number of hydrogen-bond donors (Lipinski definition) is 0. The van der Waals surface area contributed by atoms with Crippen molar-refractivity contribution in [3.63, 3.8) is 0 Å². The highest BCUT2D eigenvalue weighted by molar-refractivity contribution is 7.80. The van der Waals surface area contributed by atoms with Gasteiger partial charge in [-0.1, -0.05) is 41.5 Å². The van der Waals surface area contributed by atoms with E-state index in [2.05, 4.69) is 0 Å². The second-order valence-electron chi connectivity index (χ2n) is 2.18. The van der Waals surface area contributed by atoms with Gasteiger partial charge in [-0.3, -0.25) is 0 Å². The maximum atomic E-state index is 5.85. The molecule has 3 heteroatoms. The first-order valence-corrected chi connectivity index (χ1v) is 4.23. The van der Waals surface area contributed by atoms with Gasteiger partial charge in [0.15, 0.2) is 0 Å². The Morgan fingerprint density at radius 3 is 2.45 bits per heavy atom. The van der Waals surface area contributed by atoms with Crippen molar-refractivity contribution in [3.8, 4) is 0 Å². The van der Waals surface area contributed by atoms with Gasteiger partial charge in [-0.15, -0.1) is 0 Å². The predicted octanol–water partition coefficient (Wildman–Crippen LogP) is 3.73. The van der Waals surface area contributed by atoms with E-state index in [1.807, 2.05) is 13.0 Å². The summed E-state index contributed by atoms with van der Waals surface area (Å²) >= 11 is 16.5. The number of benzene rings is 1. The molecule has 0 fully saturated rings. The van der Waals surface area contributed by atoms with Crippen molar-refractivity contribution in [2.24, 2.45) is 0 Å². The molecule has 0 nitrogen and oxygen atoms in total. The third-order valence-corrected chi connectivity index (χ3v) is 2.08. The highest BCUT2D eigenvalue weighted by Gasteiger charge is 2.01. The molecule has 0 aliphatic rings. The summed E-state index contributed by atoms with van der Waals surface area (Å²) in [6.45, 7) is 1.84. The standard InChI is InChI=1S/C8H6Cl2S/c1-5(11)7-3-2-6(9)4-8(7)10/h2-4H,1H3. The smallest absolute Gasteiger partial charge is 0.0504 e. The largest absolute Gasteiger partial charge is 0.0845 e. The summed E-state index contributed by atoms with van der Waals surface area (Å²) in [6.07, 6.45) is 0. The average molecular weight is 205 g/mol. The highest BCUT2D eigenvalue weighted by atomic mass is 35.5.